The molecule has 1 aliphatic rings. The Morgan fingerprint density at radius 2 is 1.75 bits per heavy atom. The topological polar surface area (TPSA) is 21.3 Å². The van der Waals surface area contributed by atoms with Gasteiger partial charge in [0.15, 0.2) is 0 Å². The number of hydrogen-bond donors (Lipinski definition) is 1. The van der Waals surface area contributed by atoms with Crippen LogP contribution >= 0.6 is 0 Å². The van der Waals surface area contributed by atoms with Gasteiger partial charge in [0.1, 0.15) is 11.4 Å². The Morgan fingerprint density at radius 3 is 2.55 bits per heavy atom. The van der Waals surface area contributed by atoms with Crippen LogP contribution in [0, 0.1) is 0 Å². The number of benzene rings is 2. The van der Waals surface area contributed by atoms with E-state index in [1.165, 1.54) is 16.8 Å². The lowest BCUT2D eigenvalue weighted by atomic mass is 9.93. The second-order valence-corrected chi connectivity index (χ2v) is 5.83. The fourth-order valence-corrected chi connectivity index (χ4v) is 2.91. The fraction of sp³-hybridized carbons (Fsp3) is 0.333. The maximum atomic E-state index is 6.09. The van der Waals surface area contributed by atoms with E-state index in [0.717, 1.165) is 12.2 Å². The van der Waals surface area contributed by atoms with Crippen LogP contribution in [0.1, 0.15) is 37.9 Å². The van der Waals surface area contributed by atoms with Gasteiger partial charge in [-0.3, -0.25) is 0 Å². The highest BCUT2D eigenvalue weighted by atomic mass is 16.5. The third-order valence-corrected chi connectivity index (χ3v) is 4.00. The summed E-state index contributed by atoms with van der Waals surface area (Å²) in [5.74, 6) is 0.990. The largest absolute Gasteiger partial charge is 0.485 e. The highest BCUT2D eigenvalue weighted by Gasteiger charge is 2.41. The van der Waals surface area contributed by atoms with E-state index in [2.05, 4.69) is 62.5 Å². The maximum absolute atomic E-state index is 6.09. The van der Waals surface area contributed by atoms with Crippen molar-refractivity contribution >= 4 is 5.69 Å². The Labute approximate surface area is 120 Å². The van der Waals surface area contributed by atoms with Gasteiger partial charge in [0.05, 0.1) is 6.04 Å². The summed E-state index contributed by atoms with van der Waals surface area (Å²) in [6.07, 6.45) is 1.03. The zero-order valence-electron chi connectivity index (χ0n) is 12.3. The molecule has 0 radical (unpaired) electrons. The molecule has 1 aliphatic heterocycles. The molecule has 2 aromatic carbocycles. The number of fused-ring (bicyclic) bond motifs is 1. The van der Waals surface area contributed by atoms with Gasteiger partial charge >= 0.3 is 0 Å². The quantitative estimate of drug-likeness (QED) is 0.879. The molecular formula is C18H21NO. The molecule has 0 fully saturated rings. The van der Waals surface area contributed by atoms with Crippen molar-refractivity contribution in [3.63, 3.8) is 0 Å². The van der Waals surface area contributed by atoms with Crippen molar-refractivity contribution in [2.24, 2.45) is 0 Å². The van der Waals surface area contributed by atoms with Gasteiger partial charge in [0.2, 0.25) is 0 Å². The van der Waals surface area contributed by atoms with Gasteiger partial charge < -0.3 is 10.1 Å². The number of aryl methyl sites for hydroxylation is 1. The molecule has 0 saturated heterocycles. The van der Waals surface area contributed by atoms with Gasteiger partial charge in [-0.15, -0.1) is 0 Å². The van der Waals surface area contributed by atoms with Gasteiger partial charge in [0, 0.05) is 11.3 Å². The lowest BCUT2D eigenvalue weighted by molar-refractivity contribution is 0.118. The minimum absolute atomic E-state index is 0.173. The van der Waals surface area contributed by atoms with E-state index in [9.17, 15) is 0 Å². The summed E-state index contributed by atoms with van der Waals surface area (Å²) in [6, 6.07) is 17.0. The summed E-state index contributed by atoms with van der Waals surface area (Å²) in [7, 11) is 0. The number of hydrogen-bond acceptors (Lipinski definition) is 2. The molecule has 0 spiro atoms. The molecule has 2 nitrogen and oxygen atoms in total. The van der Waals surface area contributed by atoms with Crippen molar-refractivity contribution in [3.05, 3.63) is 59.7 Å². The molecule has 1 N–H and O–H groups in total. The van der Waals surface area contributed by atoms with Crippen LogP contribution in [0.15, 0.2) is 48.5 Å². The van der Waals surface area contributed by atoms with E-state index in [1.54, 1.807) is 0 Å². The van der Waals surface area contributed by atoms with E-state index in [-0.39, 0.29) is 11.6 Å². The average molecular weight is 267 g/mol. The molecule has 2 heteroatoms. The van der Waals surface area contributed by atoms with E-state index < -0.39 is 0 Å². The van der Waals surface area contributed by atoms with E-state index in [0.29, 0.717) is 0 Å². The number of rotatable bonds is 3. The zero-order valence-corrected chi connectivity index (χ0v) is 12.3. The molecule has 1 heterocycles. The first-order chi connectivity index (χ1) is 9.62. The van der Waals surface area contributed by atoms with Crippen molar-refractivity contribution in [2.75, 3.05) is 5.32 Å². The summed E-state index contributed by atoms with van der Waals surface area (Å²) in [4.78, 5) is 0. The van der Waals surface area contributed by atoms with Crippen LogP contribution < -0.4 is 10.1 Å². The molecule has 1 atom stereocenters. The normalized spacial score (nSPS) is 19.2. The Morgan fingerprint density at radius 1 is 1.05 bits per heavy atom. The summed E-state index contributed by atoms with van der Waals surface area (Å²) in [5.41, 5.74) is 3.54. The third kappa shape index (κ3) is 2.15. The average Bonchev–Trinajstić information content (AvgIpc) is 2.70. The predicted molar refractivity (Wildman–Crippen MR) is 83.3 cm³/mol. The van der Waals surface area contributed by atoms with E-state index in [4.69, 9.17) is 4.74 Å². The molecule has 0 bridgehead atoms. The first-order valence-corrected chi connectivity index (χ1v) is 7.24. The Bertz CT molecular complexity index is 618. The van der Waals surface area contributed by atoms with Gasteiger partial charge in [-0.1, -0.05) is 43.3 Å². The van der Waals surface area contributed by atoms with Crippen LogP contribution in [-0.4, -0.2) is 5.60 Å². The molecule has 104 valence electrons. The van der Waals surface area contributed by atoms with Crippen molar-refractivity contribution in [1.29, 1.82) is 0 Å². The number of anilines is 1. The number of nitrogens with one attached hydrogen (secondary N) is 1. The molecule has 0 aliphatic carbocycles. The molecule has 20 heavy (non-hydrogen) atoms. The van der Waals surface area contributed by atoms with Crippen LogP contribution in [0.5, 0.6) is 5.75 Å². The number of ether oxygens (including phenoxy) is 1. The summed E-state index contributed by atoms with van der Waals surface area (Å²) >= 11 is 0. The SMILES string of the molecule is CCc1ccccc1NC1c2ccccc2OC1(C)C. The van der Waals surface area contributed by atoms with Crippen LogP contribution in [0.25, 0.3) is 0 Å². The summed E-state index contributed by atoms with van der Waals surface area (Å²) < 4.78 is 6.09. The molecule has 0 amide bonds. The highest BCUT2D eigenvalue weighted by molar-refractivity contribution is 5.56. The van der Waals surface area contributed by atoms with Crippen LogP contribution in [0.4, 0.5) is 5.69 Å². The molecule has 0 aromatic heterocycles. The Kier molecular flexibility index (Phi) is 3.17. The monoisotopic (exact) mass is 267 g/mol. The van der Waals surface area contributed by atoms with Gasteiger partial charge in [-0.2, -0.15) is 0 Å². The first-order valence-electron chi connectivity index (χ1n) is 7.24. The second-order valence-electron chi connectivity index (χ2n) is 5.83. The third-order valence-electron chi connectivity index (χ3n) is 4.00. The summed E-state index contributed by atoms with van der Waals surface area (Å²) in [6.45, 7) is 6.46. The summed E-state index contributed by atoms with van der Waals surface area (Å²) in [5, 5.41) is 3.68. The van der Waals surface area contributed by atoms with E-state index in [1.807, 2.05) is 12.1 Å². The second kappa shape index (κ2) is 4.86. The molecular weight excluding hydrogens is 246 g/mol. The Balaban J connectivity index is 1.97. The standard InChI is InChI=1S/C18H21NO/c1-4-13-9-5-7-11-15(13)19-17-14-10-6-8-12-16(14)20-18(17,2)3/h5-12,17,19H,4H2,1-3H3. The highest BCUT2D eigenvalue weighted by Crippen LogP contribution is 2.44. The lowest BCUT2D eigenvalue weighted by Gasteiger charge is -2.28. The van der Waals surface area contributed by atoms with Crippen molar-refractivity contribution in [2.45, 2.75) is 38.8 Å². The minimum Gasteiger partial charge on any atom is -0.485 e. The van der Waals surface area contributed by atoms with E-state index >= 15 is 0 Å². The van der Waals surface area contributed by atoms with Crippen molar-refractivity contribution in [3.8, 4) is 5.75 Å². The smallest absolute Gasteiger partial charge is 0.128 e. The van der Waals surface area contributed by atoms with Crippen molar-refractivity contribution < 1.29 is 4.74 Å². The predicted octanol–water partition coefficient (Wildman–Crippen LogP) is 4.57. The number of para-hydroxylation sites is 2. The van der Waals surface area contributed by atoms with Gasteiger partial charge in [0.25, 0.3) is 0 Å². The fourth-order valence-electron chi connectivity index (χ4n) is 2.91. The first kappa shape index (κ1) is 13.0. The van der Waals surface area contributed by atoms with Crippen molar-refractivity contribution in [1.82, 2.24) is 0 Å². The molecule has 3 rings (SSSR count). The van der Waals surface area contributed by atoms with Crippen LogP contribution in [0.2, 0.25) is 0 Å². The molecule has 0 saturated carbocycles. The maximum Gasteiger partial charge on any atom is 0.128 e. The lowest BCUT2D eigenvalue weighted by Crippen LogP contribution is -2.35. The van der Waals surface area contributed by atoms with Gasteiger partial charge in [-0.05, 0) is 38.0 Å². The zero-order chi connectivity index (χ0) is 14.2. The Hall–Kier alpha value is -1.96. The van der Waals surface area contributed by atoms with Gasteiger partial charge in [-0.25, -0.2) is 0 Å². The minimum atomic E-state index is -0.245. The molecule has 1 unspecified atom stereocenters. The van der Waals surface area contributed by atoms with Crippen LogP contribution in [0.3, 0.4) is 0 Å². The van der Waals surface area contributed by atoms with Crippen LogP contribution in [-0.2, 0) is 6.42 Å². The molecule has 2 aromatic rings.